The van der Waals surface area contributed by atoms with Crippen LogP contribution >= 0.6 is 11.6 Å². The Bertz CT molecular complexity index is 2770. The highest BCUT2D eigenvalue weighted by Gasteiger charge is 2.50. The number of carbonyl (C=O) groups excluding carboxylic acids is 5. The van der Waals surface area contributed by atoms with Crippen molar-refractivity contribution in [2.24, 2.45) is 5.41 Å². The molecule has 5 fully saturated rings. The van der Waals surface area contributed by atoms with Gasteiger partial charge in [0.2, 0.25) is 17.8 Å². The van der Waals surface area contributed by atoms with Crippen molar-refractivity contribution in [3.05, 3.63) is 74.7 Å². The number of halogens is 1. The van der Waals surface area contributed by atoms with Gasteiger partial charge in [-0.3, -0.25) is 39.0 Å². The molecule has 1 saturated carbocycles. The highest BCUT2D eigenvalue weighted by molar-refractivity contribution is 6.33. The fourth-order valence-corrected chi connectivity index (χ4v) is 11.2. The van der Waals surface area contributed by atoms with Crippen LogP contribution in [0.15, 0.2) is 47.4 Å². The SMILES string of the molecule is CNC(=O)COc1cc2cc(Nc3nc(N4CCC(OC5CC(N6CCC7(CC6)CN(c6ccc8c(c6C)C(=O)N(C6CCC(=O)NC6=O)C8=O)C7)C5)CC4)ncc3Cl)ccc2n(C(C)C)c1=O. The lowest BCUT2D eigenvalue weighted by Crippen LogP contribution is -2.62. The molecule has 10 rings (SSSR count). The first-order valence-corrected chi connectivity index (χ1v) is 24.1. The average Bonchev–Trinajstić information content (AvgIpc) is 3.55. The number of ether oxygens (including phenoxy) is 2. The molecular formula is C49H57ClN10O8. The third-order valence-electron chi connectivity index (χ3n) is 14.9. The van der Waals surface area contributed by atoms with Crippen LogP contribution in [0, 0.1) is 12.3 Å². The molecule has 4 aromatic rings. The number of rotatable bonds is 12. The van der Waals surface area contributed by atoms with Crippen LogP contribution in [0.1, 0.15) is 97.5 Å². The molecule has 6 aliphatic rings. The summed E-state index contributed by atoms with van der Waals surface area (Å²) < 4.78 is 13.9. The molecule has 7 heterocycles. The fourth-order valence-electron chi connectivity index (χ4n) is 11.0. The van der Waals surface area contributed by atoms with Gasteiger partial charge in [-0.2, -0.15) is 4.98 Å². The number of hydrogen-bond donors (Lipinski definition) is 3. The van der Waals surface area contributed by atoms with Crippen LogP contribution in [0.25, 0.3) is 10.9 Å². The van der Waals surface area contributed by atoms with E-state index in [-0.39, 0.29) is 66.2 Å². The minimum absolute atomic E-state index is 0.0915. The van der Waals surface area contributed by atoms with Gasteiger partial charge in [0.25, 0.3) is 23.3 Å². The molecule has 0 radical (unpaired) electrons. The van der Waals surface area contributed by atoms with Gasteiger partial charge < -0.3 is 39.4 Å². The Balaban J connectivity index is 0.682. The summed E-state index contributed by atoms with van der Waals surface area (Å²) in [4.78, 5) is 93.9. The number of piperidine rings is 3. The van der Waals surface area contributed by atoms with Crippen LogP contribution in [0.4, 0.5) is 23.1 Å². The average molecular weight is 950 g/mol. The number of aromatic nitrogens is 3. The van der Waals surface area contributed by atoms with Crippen molar-refractivity contribution >= 4 is 75.2 Å². The number of carbonyl (C=O) groups is 5. The molecule has 1 atom stereocenters. The number of nitrogens with zero attached hydrogens (tertiary/aromatic N) is 7. The molecule has 358 valence electrons. The summed E-state index contributed by atoms with van der Waals surface area (Å²) in [5.74, 6) is -1.12. The molecule has 0 bridgehead atoms. The van der Waals surface area contributed by atoms with E-state index in [1.54, 1.807) is 22.9 Å². The Morgan fingerprint density at radius 1 is 0.941 bits per heavy atom. The minimum atomic E-state index is -0.977. The summed E-state index contributed by atoms with van der Waals surface area (Å²) in [6.07, 6.45) is 8.32. The quantitative estimate of drug-likeness (QED) is 0.165. The van der Waals surface area contributed by atoms with Crippen molar-refractivity contribution in [3.8, 4) is 5.75 Å². The van der Waals surface area contributed by atoms with E-state index in [4.69, 9.17) is 26.1 Å². The highest BCUT2D eigenvalue weighted by atomic mass is 35.5. The van der Waals surface area contributed by atoms with Crippen molar-refractivity contribution in [1.29, 1.82) is 0 Å². The summed E-state index contributed by atoms with van der Waals surface area (Å²) in [5, 5.41) is 9.24. The summed E-state index contributed by atoms with van der Waals surface area (Å²) in [5.41, 5.74) is 3.77. The van der Waals surface area contributed by atoms with E-state index < -0.39 is 23.8 Å². The van der Waals surface area contributed by atoms with E-state index in [1.807, 2.05) is 45.0 Å². The molecule has 3 N–H and O–H groups in total. The molecule has 2 aromatic carbocycles. The van der Waals surface area contributed by atoms with E-state index in [2.05, 4.69) is 35.6 Å². The number of benzene rings is 2. The second kappa shape index (κ2) is 18.1. The second-order valence-electron chi connectivity index (χ2n) is 19.5. The van der Waals surface area contributed by atoms with Crippen LogP contribution in [0.2, 0.25) is 5.02 Å². The maximum atomic E-state index is 13.6. The monoisotopic (exact) mass is 948 g/mol. The van der Waals surface area contributed by atoms with Crippen LogP contribution in [0.5, 0.6) is 5.75 Å². The van der Waals surface area contributed by atoms with Crippen molar-refractivity contribution < 1.29 is 33.4 Å². The van der Waals surface area contributed by atoms with E-state index >= 15 is 0 Å². The van der Waals surface area contributed by atoms with Crippen molar-refractivity contribution in [1.82, 2.24) is 35.0 Å². The summed E-state index contributed by atoms with van der Waals surface area (Å²) in [6.45, 7) is 10.9. The number of anilines is 4. The third kappa shape index (κ3) is 8.44. The summed E-state index contributed by atoms with van der Waals surface area (Å²) in [7, 11) is 1.51. The first-order valence-electron chi connectivity index (χ1n) is 23.8. The zero-order valence-electron chi connectivity index (χ0n) is 38.8. The topological polar surface area (TPSA) is 201 Å². The predicted molar refractivity (Wildman–Crippen MR) is 255 cm³/mol. The molecule has 1 spiro atoms. The molecule has 1 aliphatic carbocycles. The maximum absolute atomic E-state index is 13.6. The molecule has 19 heteroatoms. The molecule has 18 nitrogen and oxygen atoms in total. The van der Waals surface area contributed by atoms with Gasteiger partial charge in [0.05, 0.1) is 35.0 Å². The number of imide groups is 2. The molecular weight excluding hydrogens is 892 g/mol. The van der Waals surface area contributed by atoms with E-state index in [0.717, 1.165) is 105 Å². The highest BCUT2D eigenvalue weighted by Crippen LogP contribution is 2.46. The Hall–Kier alpha value is -6.11. The smallest absolute Gasteiger partial charge is 0.293 e. The van der Waals surface area contributed by atoms with Gasteiger partial charge in [0.15, 0.2) is 18.2 Å². The van der Waals surface area contributed by atoms with Gasteiger partial charge in [0.1, 0.15) is 11.1 Å². The lowest BCUT2D eigenvalue weighted by molar-refractivity contribution is -0.136. The number of amides is 5. The number of pyridine rings is 1. The number of likely N-dealkylation sites (tertiary alicyclic amines) is 1. The summed E-state index contributed by atoms with van der Waals surface area (Å²) in [6, 6.07) is 10.4. The fraction of sp³-hybridized carbons (Fsp3) is 0.510. The van der Waals surface area contributed by atoms with Gasteiger partial charge in [-0.05, 0) is 121 Å². The number of hydrogen-bond acceptors (Lipinski definition) is 14. The largest absolute Gasteiger partial charge is 0.478 e. The minimum Gasteiger partial charge on any atom is -0.478 e. The van der Waals surface area contributed by atoms with Gasteiger partial charge in [0, 0.05) is 73.9 Å². The number of nitrogens with one attached hydrogen (secondary N) is 3. The molecule has 1 unspecified atom stereocenters. The maximum Gasteiger partial charge on any atom is 0.293 e. The van der Waals surface area contributed by atoms with Gasteiger partial charge in [-0.25, -0.2) is 4.98 Å². The van der Waals surface area contributed by atoms with Crippen molar-refractivity contribution in [2.45, 2.75) is 102 Å². The van der Waals surface area contributed by atoms with Crippen LogP contribution in [-0.4, -0.2) is 131 Å². The van der Waals surface area contributed by atoms with E-state index in [9.17, 15) is 28.8 Å². The first-order chi connectivity index (χ1) is 32.7. The normalized spacial score (nSPS) is 22.9. The van der Waals surface area contributed by atoms with E-state index in [0.29, 0.717) is 39.6 Å². The Morgan fingerprint density at radius 3 is 2.40 bits per heavy atom. The summed E-state index contributed by atoms with van der Waals surface area (Å²) >= 11 is 6.61. The first kappa shape index (κ1) is 45.7. The van der Waals surface area contributed by atoms with Crippen LogP contribution in [0.3, 0.4) is 0 Å². The zero-order valence-corrected chi connectivity index (χ0v) is 39.6. The molecule has 5 amide bonds. The van der Waals surface area contributed by atoms with Gasteiger partial charge >= 0.3 is 0 Å². The second-order valence-corrected chi connectivity index (χ2v) is 20.0. The van der Waals surface area contributed by atoms with Crippen molar-refractivity contribution in [2.75, 3.05) is 68.0 Å². The number of fused-ring (bicyclic) bond motifs is 2. The number of likely N-dealkylation sites (N-methyl/N-ethyl adjacent to an activating group) is 1. The van der Waals surface area contributed by atoms with Crippen LogP contribution < -0.4 is 36.0 Å². The van der Waals surface area contributed by atoms with Gasteiger partial charge in [-0.1, -0.05) is 11.6 Å². The lowest BCUT2D eigenvalue weighted by Gasteiger charge is -2.57. The Kier molecular flexibility index (Phi) is 12.1. The van der Waals surface area contributed by atoms with Crippen LogP contribution in [-0.2, 0) is 19.1 Å². The third-order valence-corrected chi connectivity index (χ3v) is 15.2. The zero-order chi connectivity index (χ0) is 47.6. The molecule has 4 saturated heterocycles. The Morgan fingerprint density at radius 2 is 1.69 bits per heavy atom. The predicted octanol–water partition coefficient (Wildman–Crippen LogP) is 4.72. The van der Waals surface area contributed by atoms with E-state index in [1.165, 1.54) is 7.05 Å². The standard InChI is InChI=1S/C49H57ClN10O8/c1-27(2)59-37-7-5-30(19-29(37)20-39(46(59)65)67-24-41(62)51-4)53-43-35(50)23-52-48(55-43)57-15-11-32(12-16-57)68-33-21-31(22-33)56-17-13-49(14-18-56)25-58(26-49)36-8-6-34-42(28(36)3)47(66)60(45(34)64)38-9-10-40(61)54-44(38)63/h5-8,19-20,23,27,31-33,38H,9-18,21-22,24-26H2,1-4H3,(H,51,62)(H,52,53,55)(H,54,61,63). The van der Waals surface area contributed by atoms with Crippen molar-refractivity contribution in [3.63, 3.8) is 0 Å². The molecule has 5 aliphatic heterocycles. The molecule has 2 aromatic heterocycles. The Labute approximate surface area is 398 Å². The van der Waals surface area contributed by atoms with Gasteiger partial charge in [-0.15, -0.1) is 0 Å². The lowest BCUT2D eigenvalue weighted by atomic mass is 9.70. The molecule has 68 heavy (non-hydrogen) atoms.